The summed E-state index contributed by atoms with van der Waals surface area (Å²) >= 11 is 6.58. The normalized spacial score (nSPS) is 10.7. The van der Waals surface area contributed by atoms with Gasteiger partial charge in [0.1, 0.15) is 16.7 Å². The molecular formula is C25H25ClN8O2. The van der Waals surface area contributed by atoms with E-state index < -0.39 is 5.91 Å². The van der Waals surface area contributed by atoms with Crippen LogP contribution in [0.15, 0.2) is 48.7 Å². The quantitative estimate of drug-likeness (QED) is 0.300. The van der Waals surface area contributed by atoms with Crippen molar-refractivity contribution in [2.24, 2.45) is 7.05 Å². The number of anilines is 1. The van der Waals surface area contributed by atoms with Crippen LogP contribution in [0.3, 0.4) is 0 Å². The zero-order chi connectivity index (χ0) is 25.7. The van der Waals surface area contributed by atoms with Gasteiger partial charge in [0.25, 0.3) is 5.91 Å². The minimum Gasteiger partial charge on any atom is -0.365 e. The second-order valence-corrected chi connectivity index (χ2v) is 8.44. The molecule has 0 spiro atoms. The molecule has 11 heteroatoms. The maximum Gasteiger partial charge on any atom is 0.255 e. The summed E-state index contributed by atoms with van der Waals surface area (Å²) in [6.07, 6.45) is 2.01. The van der Waals surface area contributed by atoms with Crippen LogP contribution in [-0.4, -0.2) is 44.1 Å². The summed E-state index contributed by atoms with van der Waals surface area (Å²) in [5.41, 5.74) is 3.72. The second kappa shape index (κ2) is 10.9. The Balaban J connectivity index is 1.70. The van der Waals surface area contributed by atoms with Gasteiger partial charge < -0.3 is 16.0 Å². The molecule has 3 aromatic heterocycles. The SMILES string of the molecule is Cc1nn(C)c(Cl)c1-c1nc2c(C(=O)NCC(=O)NCCC#N)cccn2c1NCc1ccccc1. The number of pyridine rings is 1. The lowest BCUT2D eigenvalue weighted by molar-refractivity contribution is -0.120. The molecule has 0 aliphatic rings. The van der Waals surface area contributed by atoms with Gasteiger partial charge in [-0.1, -0.05) is 41.9 Å². The number of nitrogens with one attached hydrogen (secondary N) is 3. The molecule has 36 heavy (non-hydrogen) atoms. The highest BCUT2D eigenvalue weighted by molar-refractivity contribution is 6.32. The van der Waals surface area contributed by atoms with Crippen LogP contribution < -0.4 is 16.0 Å². The molecule has 0 saturated carbocycles. The summed E-state index contributed by atoms with van der Waals surface area (Å²) in [6.45, 7) is 2.39. The maximum absolute atomic E-state index is 13.0. The molecule has 4 aromatic rings. The largest absolute Gasteiger partial charge is 0.365 e. The Morgan fingerprint density at radius 2 is 1.92 bits per heavy atom. The summed E-state index contributed by atoms with van der Waals surface area (Å²) in [4.78, 5) is 29.8. The van der Waals surface area contributed by atoms with Gasteiger partial charge in [0.05, 0.1) is 35.9 Å². The Bertz CT molecular complexity index is 1450. The number of aromatic nitrogens is 4. The number of aryl methyl sites for hydroxylation is 2. The molecule has 0 unspecified atom stereocenters. The van der Waals surface area contributed by atoms with E-state index in [9.17, 15) is 9.59 Å². The fourth-order valence-electron chi connectivity index (χ4n) is 3.84. The molecule has 3 N–H and O–H groups in total. The predicted molar refractivity (Wildman–Crippen MR) is 136 cm³/mol. The van der Waals surface area contributed by atoms with Gasteiger partial charge in [0, 0.05) is 26.3 Å². The zero-order valence-corrected chi connectivity index (χ0v) is 20.6. The summed E-state index contributed by atoms with van der Waals surface area (Å²) in [6, 6.07) is 15.3. The van der Waals surface area contributed by atoms with E-state index in [1.54, 1.807) is 28.3 Å². The van der Waals surface area contributed by atoms with Crippen molar-refractivity contribution in [1.29, 1.82) is 5.26 Å². The monoisotopic (exact) mass is 504 g/mol. The number of benzene rings is 1. The van der Waals surface area contributed by atoms with Crippen molar-refractivity contribution in [2.75, 3.05) is 18.4 Å². The average Bonchev–Trinajstić information content (AvgIpc) is 3.36. The molecule has 184 valence electrons. The number of carbonyl (C=O) groups excluding carboxylic acids is 2. The number of imidazole rings is 1. The topological polar surface area (TPSA) is 129 Å². The lowest BCUT2D eigenvalue weighted by atomic mass is 10.2. The van der Waals surface area contributed by atoms with Gasteiger partial charge in [-0.15, -0.1) is 0 Å². The molecule has 0 aliphatic carbocycles. The number of rotatable bonds is 9. The zero-order valence-electron chi connectivity index (χ0n) is 19.9. The minimum absolute atomic E-state index is 0.199. The number of hydrogen-bond donors (Lipinski definition) is 3. The Labute approximate surface area is 212 Å². The van der Waals surface area contributed by atoms with Gasteiger partial charge in [0.2, 0.25) is 5.91 Å². The van der Waals surface area contributed by atoms with Crippen LogP contribution in [0.4, 0.5) is 5.82 Å². The molecule has 0 saturated heterocycles. The molecular weight excluding hydrogens is 480 g/mol. The summed E-state index contributed by atoms with van der Waals surface area (Å²) in [5, 5.41) is 22.1. The van der Waals surface area contributed by atoms with Crippen molar-refractivity contribution in [3.8, 4) is 17.3 Å². The van der Waals surface area contributed by atoms with E-state index in [1.807, 2.05) is 49.5 Å². The van der Waals surface area contributed by atoms with Crippen molar-refractivity contribution in [2.45, 2.75) is 19.9 Å². The van der Waals surface area contributed by atoms with Crippen molar-refractivity contribution in [3.63, 3.8) is 0 Å². The highest BCUT2D eigenvalue weighted by Gasteiger charge is 2.24. The van der Waals surface area contributed by atoms with Crippen molar-refractivity contribution >= 4 is 34.9 Å². The van der Waals surface area contributed by atoms with E-state index in [1.165, 1.54) is 0 Å². The van der Waals surface area contributed by atoms with Gasteiger partial charge in [0.15, 0.2) is 5.65 Å². The van der Waals surface area contributed by atoms with E-state index >= 15 is 0 Å². The first kappa shape index (κ1) is 24.8. The fraction of sp³-hybridized carbons (Fsp3) is 0.240. The van der Waals surface area contributed by atoms with E-state index in [0.29, 0.717) is 45.7 Å². The van der Waals surface area contributed by atoms with Crippen molar-refractivity contribution in [1.82, 2.24) is 29.8 Å². The molecule has 0 radical (unpaired) electrons. The first-order valence-corrected chi connectivity index (χ1v) is 11.7. The van der Waals surface area contributed by atoms with Crippen LogP contribution in [0.2, 0.25) is 5.15 Å². The van der Waals surface area contributed by atoms with Crippen LogP contribution in [-0.2, 0) is 18.4 Å². The van der Waals surface area contributed by atoms with E-state index in [4.69, 9.17) is 21.8 Å². The summed E-state index contributed by atoms with van der Waals surface area (Å²) in [5.74, 6) is -0.162. The van der Waals surface area contributed by atoms with Crippen LogP contribution in [0.25, 0.3) is 16.9 Å². The number of amides is 2. The standard InChI is InChI=1S/C25H25ClN8O2/c1-16-20(22(26)33(2)32-16)21-24(29-14-17-8-4-3-5-9-17)34-13-6-10-18(23(34)31-21)25(36)30-15-19(35)28-12-7-11-27/h3-6,8-10,13,29H,7,12,14-15H2,1-2H3,(H,28,35)(H,30,36). The highest BCUT2D eigenvalue weighted by atomic mass is 35.5. The molecule has 1 aromatic carbocycles. The molecule has 0 aliphatic heterocycles. The number of hydrogen-bond acceptors (Lipinski definition) is 6. The smallest absolute Gasteiger partial charge is 0.255 e. The number of nitrogens with zero attached hydrogens (tertiary/aromatic N) is 5. The average molecular weight is 505 g/mol. The lowest BCUT2D eigenvalue weighted by Gasteiger charge is -2.10. The van der Waals surface area contributed by atoms with E-state index in [2.05, 4.69) is 21.0 Å². The molecule has 0 atom stereocenters. The van der Waals surface area contributed by atoms with Crippen molar-refractivity contribution < 1.29 is 9.59 Å². The third-order valence-electron chi connectivity index (χ3n) is 5.55. The van der Waals surface area contributed by atoms with Crippen LogP contribution in [0, 0.1) is 18.3 Å². The second-order valence-electron chi connectivity index (χ2n) is 8.08. The van der Waals surface area contributed by atoms with Gasteiger partial charge in [-0.05, 0) is 24.6 Å². The maximum atomic E-state index is 13.0. The van der Waals surface area contributed by atoms with Crippen molar-refractivity contribution in [3.05, 3.63) is 70.6 Å². The molecule has 10 nitrogen and oxygen atoms in total. The highest BCUT2D eigenvalue weighted by Crippen LogP contribution is 2.36. The van der Waals surface area contributed by atoms with Gasteiger partial charge in [-0.3, -0.25) is 18.7 Å². The number of halogens is 1. The molecule has 0 bridgehead atoms. The fourth-order valence-corrected chi connectivity index (χ4v) is 4.11. The Hall–Kier alpha value is -4.36. The number of carbonyl (C=O) groups is 2. The first-order chi connectivity index (χ1) is 17.4. The van der Waals surface area contributed by atoms with Gasteiger partial charge >= 0.3 is 0 Å². The van der Waals surface area contributed by atoms with E-state index in [0.717, 1.165) is 5.56 Å². The molecule has 2 amide bonds. The summed E-state index contributed by atoms with van der Waals surface area (Å²) in [7, 11) is 1.76. The first-order valence-electron chi connectivity index (χ1n) is 11.3. The Morgan fingerprint density at radius 3 is 2.61 bits per heavy atom. The third kappa shape index (κ3) is 5.16. The van der Waals surface area contributed by atoms with E-state index in [-0.39, 0.29) is 25.4 Å². The molecule has 3 heterocycles. The predicted octanol–water partition coefficient (Wildman–Crippen LogP) is 3.07. The molecule has 4 rings (SSSR count). The van der Waals surface area contributed by atoms with Crippen LogP contribution in [0.1, 0.15) is 28.0 Å². The lowest BCUT2D eigenvalue weighted by Crippen LogP contribution is -2.37. The molecule has 0 fully saturated rings. The third-order valence-corrected chi connectivity index (χ3v) is 5.99. The Morgan fingerprint density at radius 1 is 1.14 bits per heavy atom. The summed E-state index contributed by atoms with van der Waals surface area (Å²) < 4.78 is 3.37. The Kier molecular flexibility index (Phi) is 7.51. The number of fused-ring (bicyclic) bond motifs is 1. The van der Waals surface area contributed by atoms with Gasteiger partial charge in [-0.25, -0.2) is 4.98 Å². The minimum atomic E-state index is -0.448. The number of nitriles is 1. The van der Waals surface area contributed by atoms with Gasteiger partial charge in [-0.2, -0.15) is 10.4 Å². The van der Waals surface area contributed by atoms with Crippen LogP contribution >= 0.6 is 11.6 Å². The van der Waals surface area contributed by atoms with Crippen LogP contribution in [0.5, 0.6) is 0 Å².